The third-order valence-corrected chi connectivity index (χ3v) is 9.90. The summed E-state index contributed by atoms with van der Waals surface area (Å²) in [6.07, 6.45) is 17.1. The standard InChI is InChI=1S/C18H35ClSi/c1-4-7-9-11-13-15-17-20(19,6-3)18-16-14-12-10-8-5-2/h4-5H,1-2,6-18H2,3H3. The Morgan fingerprint density at radius 3 is 1.50 bits per heavy atom. The number of halogens is 1. The van der Waals surface area contributed by atoms with Crippen molar-refractivity contribution in [2.45, 2.75) is 89.3 Å². The van der Waals surface area contributed by atoms with Crippen LogP contribution >= 0.6 is 11.1 Å². The van der Waals surface area contributed by atoms with Gasteiger partial charge in [-0.15, -0.1) is 13.2 Å². The van der Waals surface area contributed by atoms with Gasteiger partial charge in [0, 0.05) is 0 Å². The van der Waals surface area contributed by atoms with E-state index in [-0.39, 0.29) is 0 Å². The first-order chi connectivity index (χ1) is 9.68. The third-order valence-electron chi connectivity index (χ3n) is 4.20. The van der Waals surface area contributed by atoms with E-state index >= 15 is 0 Å². The van der Waals surface area contributed by atoms with Crippen LogP contribution in [0.2, 0.25) is 18.1 Å². The van der Waals surface area contributed by atoms with Crippen LogP contribution in [0.4, 0.5) is 0 Å². The van der Waals surface area contributed by atoms with Gasteiger partial charge in [0.1, 0.15) is 0 Å². The molecule has 118 valence electrons. The highest BCUT2D eigenvalue weighted by Gasteiger charge is 2.27. The van der Waals surface area contributed by atoms with Gasteiger partial charge in [0.25, 0.3) is 0 Å². The van der Waals surface area contributed by atoms with Crippen molar-refractivity contribution in [3.05, 3.63) is 25.3 Å². The fourth-order valence-corrected chi connectivity index (χ4v) is 6.17. The van der Waals surface area contributed by atoms with E-state index in [0.717, 1.165) is 0 Å². The molecule has 0 aliphatic heterocycles. The molecule has 20 heavy (non-hydrogen) atoms. The highest BCUT2D eigenvalue weighted by Crippen LogP contribution is 2.30. The molecule has 0 aliphatic rings. The van der Waals surface area contributed by atoms with Crippen molar-refractivity contribution in [1.29, 1.82) is 0 Å². The van der Waals surface area contributed by atoms with Gasteiger partial charge in [-0.05, 0) is 43.8 Å². The second-order valence-electron chi connectivity index (χ2n) is 5.99. The lowest BCUT2D eigenvalue weighted by atomic mass is 10.1. The van der Waals surface area contributed by atoms with Gasteiger partial charge in [-0.3, -0.25) is 0 Å². The van der Waals surface area contributed by atoms with Gasteiger partial charge in [-0.2, -0.15) is 11.1 Å². The van der Waals surface area contributed by atoms with E-state index in [1.807, 2.05) is 12.2 Å². The van der Waals surface area contributed by atoms with Crippen LogP contribution < -0.4 is 0 Å². The van der Waals surface area contributed by atoms with Gasteiger partial charge >= 0.3 is 0 Å². The molecule has 0 aromatic heterocycles. The molecule has 0 radical (unpaired) electrons. The maximum absolute atomic E-state index is 6.91. The summed E-state index contributed by atoms with van der Waals surface area (Å²) >= 11 is 6.91. The molecular formula is C18H35ClSi. The van der Waals surface area contributed by atoms with E-state index in [4.69, 9.17) is 11.1 Å². The topological polar surface area (TPSA) is 0 Å². The Morgan fingerprint density at radius 2 is 1.15 bits per heavy atom. The number of unbranched alkanes of at least 4 members (excludes halogenated alkanes) is 8. The summed E-state index contributed by atoms with van der Waals surface area (Å²) < 4.78 is 0. The molecule has 0 amide bonds. The highest BCUT2D eigenvalue weighted by atomic mass is 35.6. The predicted octanol–water partition coefficient (Wildman–Crippen LogP) is 7.46. The van der Waals surface area contributed by atoms with Crippen molar-refractivity contribution < 1.29 is 0 Å². The quantitative estimate of drug-likeness (QED) is 0.127. The summed E-state index contributed by atoms with van der Waals surface area (Å²) in [5.41, 5.74) is 0. The molecule has 0 aliphatic carbocycles. The first kappa shape index (κ1) is 20.0. The van der Waals surface area contributed by atoms with Crippen molar-refractivity contribution >= 4 is 18.5 Å². The van der Waals surface area contributed by atoms with Crippen LogP contribution in [0, 0.1) is 0 Å². The summed E-state index contributed by atoms with van der Waals surface area (Å²) in [6, 6.07) is 3.89. The normalized spacial score (nSPS) is 11.5. The summed E-state index contributed by atoms with van der Waals surface area (Å²) in [7, 11) is -1.43. The molecule has 2 heteroatoms. The number of allylic oxidation sites excluding steroid dienone is 2. The van der Waals surface area contributed by atoms with Crippen LogP contribution in [-0.4, -0.2) is 7.38 Å². The van der Waals surface area contributed by atoms with Crippen molar-refractivity contribution in [2.24, 2.45) is 0 Å². The van der Waals surface area contributed by atoms with E-state index in [9.17, 15) is 0 Å². The van der Waals surface area contributed by atoms with E-state index in [1.54, 1.807) is 0 Å². The molecule has 0 saturated heterocycles. The van der Waals surface area contributed by atoms with Crippen LogP contribution in [0.1, 0.15) is 71.1 Å². The second kappa shape index (κ2) is 13.9. The van der Waals surface area contributed by atoms with E-state index in [0.29, 0.717) is 0 Å². The first-order valence-electron chi connectivity index (χ1n) is 8.59. The monoisotopic (exact) mass is 314 g/mol. The van der Waals surface area contributed by atoms with Crippen LogP contribution in [0.25, 0.3) is 0 Å². The maximum atomic E-state index is 6.91. The Bertz CT molecular complexity index is 218. The van der Waals surface area contributed by atoms with Crippen molar-refractivity contribution in [2.75, 3.05) is 0 Å². The minimum Gasteiger partial charge on any atom is -0.167 e. The number of hydrogen-bond donors (Lipinski definition) is 0. The third kappa shape index (κ3) is 11.8. The van der Waals surface area contributed by atoms with Gasteiger partial charge < -0.3 is 0 Å². The Morgan fingerprint density at radius 1 is 0.750 bits per heavy atom. The lowest BCUT2D eigenvalue weighted by molar-refractivity contribution is 0.659. The summed E-state index contributed by atoms with van der Waals surface area (Å²) in [5.74, 6) is 0. The predicted molar refractivity (Wildman–Crippen MR) is 98.3 cm³/mol. The molecule has 0 fully saturated rings. The minimum absolute atomic E-state index is 1.17. The Balaban J connectivity index is 3.61. The number of hydrogen-bond acceptors (Lipinski definition) is 0. The fraction of sp³-hybridized carbons (Fsp3) is 0.778. The molecule has 0 nitrogen and oxygen atoms in total. The van der Waals surface area contributed by atoms with Crippen molar-refractivity contribution in [3.8, 4) is 0 Å². The summed E-state index contributed by atoms with van der Waals surface area (Å²) in [5, 5.41) is 0. The zero-order chi connectivity index (χ0) is 15.1. The van der Waals surface area contributed by atoms with E-state index < -0.39 is 7.38 Å². The zero-order valence-electron chi connectivity index (χ0n) is 13.6. The molecule has 0 atom stereocenters. The smallest absolute Gasteiger partial charge is 0.156 e. The van der Waals surface area contributed by atoms with Gasteiger partial charge in [0.05, 0.1) is 0 Å². The lowest BCUT2D eigenvalue weighted by Crippen LogP contribution is -2.25. The van der Waals surface area contributed by atoms with Crippen LogP contribution in [0.15, 0.2) is 25.3 Å². The summed E-state index contributed by atoms with van der Waals surface area (Å²) in [4.78, 5) is 0. The highest BCUT2D eigenvalue weighted by molar-refractivity contribution is 7.20. The first-order valence-corrected chi connectivity index (χ1v) is 12.2. The molecule has 0 unspecified atom stereocenters. The molecule has 0 aromatic rings. The second-order valence-corrected chi connectivity index (χ2v) is 12.4. The van der Waals surface area contributed by atoms with Gasteiger partial charge in [-0.25, -0.2) is 0 Å². The minimum atomic E-state index is -1.43. The van der Waals surface area contributed by atoms with Gasteiger partial charge in [-0.1, -0.05) is 57.6 Å². The molecule has 0 heterocycles. The molecule has 0 spiro atoms. The Hall–Kier alpha value is -0.0131. The molecule has 0 bridgehead atoms. The van der Waals surface area contributed by atoms with Crippen LogP contribution in [0.5, 0.6) is 0 Å². The summed E-state index contributed by atoms with van der Waals surface area (Å²) in [6.45, 7) is 9.84. The van der Waals surface area contributed by atoms with Crippen LogP contribution in [0.3, 0.4) is 0 Å². The maximum Gasteiger partial charge on any atom is 0.156 e. The molecular weight excluding hydrogens is 280 g/mol. The zero-order valence-corrected chi connectivity index (χ0v) is 15.4. The fourth-order valence-electron chi connectivity index (χ4n) is 2.65. The average Bonchev–Trinajstić information content (AvgIpc) is 2.46. The molecule has 0 saturated carbocycles. The molecule has 0 N–H and O–H groups in total. The van der Waals surface area contributed by atoms with Gasteiger partial charge in [0.2, 0.25) is 0 Å². The van der Waals surface area contributed by atoms with Gasteiger partial charge in [0.15, 0.2) is 7.38 Å². The Labute approximate surface area is 133 Å². The average molecular weight is 315 g/mol. The van der Waals surface area contributed by atoms with Crippen LogP contribution in [-0.2, 0) is 0 Å². The van der Waals surface area contributed by atoms with Crippen molar-refractivity contribution in [3.63, 3.8) is 0 Å². The number of rotatable bonds is 15. The van der Waals surface area contributed by atoms with E-state index in [1.165, 1.54) is 82.3 Å². The van der Waals surface area contributed by atoms with E-state index in [2.05, 4.69) is 20.1 Å². The molecule has 0 rings (SSSR count). The lowest BCUT2D eigenvalue weighted by Gasteiger charge is -2.22. The Kier molecular flexibility index (Phi) is 13.9. The SMILES string of the molecule is C=CCCCCCC[Si](Cl)(CC)CCCCCCC=C. The largest absolute Gasteiger partial charge is 0.167 e. The molecule has 0 aromatic carbocycles. The van der Waals surface area contributed by atoms with Crippen molar-refractivity contribution in [1.82, 2.24) is 0 Å².